The van der Waals surface area contributed by atoms with Crippen LogP contribution in [-0.2, 0) is 12.8 Å². The Labute approximate surface area is 82.4 Å². The third-order valence-corrected chi connectivity index (χ3v) is 1.94. The predicted octanol–water partition coefficient (Wildman–Crippen LogP) is 2.42. The second-order valence-electron chi connectivity index (χ2n) is 3.54. The average Bonchev–Trinajstić information content (AvgIpc) is 2.06. The van der Waals surface area contributed by atoms with Crippen molar-refractivity contribution in [1.29, 1.82) is 0 Å². The highest BCUT2D eigenvalue weighted by Gasteiger charge is 2.21. The number of hydrogen-bond donors (Lipinski definition) is 1. The van der Waals surface area contributed by atoms with Crippen LogP contribution in [0.25, 0.3) is 0 Å². The maximum Gasteiger partial charge on any atom is 0.249 e. The van der Waals surface area contributed by atoms with Gasteiger partial charge in [-0.2, -0.15) is 0 Å². The quantitative estimate of drug-likeness (QED) is 0.791. The summed E-state index contributed by atoms with van der Waals surface area (Å²) in [6.07, 6.45) is 0.342. The van der Waals surface area contributed by atoms with E-state index in [1.165, 1.54) is 0 Å². The average molecular weight is 200 g/mol. The van der Waals surface area contributed by atoms with E-state index in [2.05, 4.69) is 0 Å². The highest BCUT2D eigenvalue weighted by molar-refractivity contribution is 5.23. The van der Waals surface area contributed by atoms with Crippen LogP contribution < -0.4 is 0 Å². The van der Waals surface area contributed by atoms with Crippen LogP contribution in [0.2, 0.25) is 0 Å². The van der Waals surface area contributed by atoms with E-state index in [4.69, 9.17) is 5.11 Å². The topological polar surface area (TPSA) is 20.2 Å². The van der Waals surface area contributed by atoms with E-state index in [0.29, 0.717) is 12.0 Å². The van der Waals surface area contributed by atoms with Crippen molar-refractivity contribution < 1.29 is 13.9 Å². The van der Waals surface area contributed by atoms with Gasteiger partial charge in [0.25, 0.3) is 0 Å². The van der Waals surface area contributed by atoms with Gasteiger partial charge in [-0.3, -0.25) is 0 Å². The van der Waals surface area contributed by atoms with E-state index < -0.39 is 5.92 Å². The van der Waals surface area contributed by atoms with Crippen LogP contribution in [0.15, 0.2) is 24.3 Å². The molecule has 0 atom stereocenters. The Morgan fingerprint density at radius 1 is 1.14 bits per heavy atom. The monoisotopic (exact) mass is 200 g/mol. The Morgan fingerprint density at radius 3 is 2.07 bits per heavy atom. The van der Waals surface area contributed by atoms with Gasteiger partial charge in [-0.05, 0) is 24.5 Å². The lowest BCUT2D eigenvalue weighted by Gasteiger charge is -2.10. The first kappa shape index (κ1) is 11.1. The van der Waals surface area contributed by atoms with Gasteiger partial charge < -0.3 is 5.11 Å². The van der Waals surface area contributed by atoms with Crippen LogP contribution in [-0.4, -0.2) is 17.6 Å². The van der Waals surface area contributed by atoms with Gasteiger partial charge in [0.15, 0.2) is 0 Å². The molecule has 0 fully saturated rings. The normalized spacial score (nSPS) is 11.7. The molecule has 1 aromatic carbocycles. The molecule has 0 aliphatic heterocycles. The minimum Gasteiger partial charge on any atom is -0.396 e. The van der Waals surface area contributed by atoms with Gasteiger partial charge in [-0.15, -0.1) is 0 Å². The molecule has 0 saturated heterocycles. The Bertz CT molecular complexity index is 274. The summed E-state index contributed by atoms with van der Waals surface area (Å²) in [5, 5.41) is 8.66. The highest BCUT2D eigenvalue weighted by atomic mass is 19.3. The number of benzene rings is 1. The molecule has 0 unspecified atom stereocenters. The van der Waals surface area contributed by atoms with Crippen molar-refractivity contribution in [3.63, 3.8) is 0 Å². The van der Waals surface area contributed by atoms with Gasteiger partial charge in [-0.25, -0.2) is 8.78 Å². The van der Waals surface area contributed by atoms with Crippen molar-refractivity contribution in [3.8, 4) is 0 Å². The zero-order chi connectivity index (χ0) is 10.6. The molecule has 1 aromatic rings. The summed E-state index contributed by atoms with van der Waals surface area (Å²) >= 11 is 0. The van der Waals surface area contributed by atoms with E-state index in [9.17, 15) is 8.78 Å². The zero-order valence-corrected chi connectivity index (χ0v) is 8.13. The molecule has 0 aliphatic carbocycles. The van der Waals surface area contributed by atoms with Crippen LogP contribution in [0.3, 0.4) is 0 Å². The molecule has 1 rings (SSSR count). The fraction of sp³-hybridized carbons (Fsp3) is 0.455. The molecular formula is C11H14F2O. The van der Waals surface area contributed by atoms with Gasteiger partial charge in [0.2, 0.25) is 5.92 Å². The second kappa shape index (κ2) is 4.51. The van der Waals surface area contributed by atoms with Crippen molar-refractivity contribution >= 4 is 0 Å². The molecule has 14 heavy (non-hydrogen) atoms. The second-order valence-corrected chi connectivity index (χ2v) is 3.54. The van der Waals surface area contributed by atoms with Gasteiger partial charge in [0.05, 0.1) is 0 Å². The molecule has 0 bridgehead atoms. The van der Waals surface area contributed by atoms with Crippen molar-refractivity contribution in [2.45, 2.75) is 25.7 Å². The van der Waals surface area contributed by atoms with Gasteiger partial charge in [0, 0.05) is 13.0 Å². The smallest absolute Gasteiger partial charge is 0.249 e. The minimum absolute atomic E-state index is 0.0866. The molecular weight excluding hydrogens is 186 g/mol. The van der Waals surface area contributed by atoms with Gasteiger partial charge >= 0.3 is 0 Å². The number of hydrogen-bond acceptors (Lipinski definition) is 1. The lowest BCUT2D eigenvalue weighted by atomic mass is 10.0. The Morgan fingerprint density at radius 2 is 1.64 bits per heavy atom. The zero-order valence-electron chi connectivity index (χ0n) is 8.13. The summed E-state index contributed by atoms with van der Waals surface area (Å²) in [6.45, 7) is 0.998. The first-order valence-electron chi connectivity index (χ1n) is 4.58. The number of rotatable bonds is 4. The molecule has 0 spiro atoms. The van der Waals surface area contributed by atoms with Crippen LogP contribution >= 0.6 is 0 Å². The molecule has 0 radical (unpaired) electrons. The molecule has 1 N–H and O–H groups in total. The Hall–Kier alpha value is -0.960. The van der Waals surface area contributed by atoms with E-state index in [1.54, 1.807) is 24.3 Å². The predicted molar refractivity (Wildman–Crippen MR) is 51.6 cm³/mol. The van der Waals surface area contributed by atoms with Crippen molar-refractivity contribution in [2.75, 3.05) is 6.61 Å². The number of halogens is 2. The maximum atomic E-state index is 12.6. The fourth-order valence-electron chi connectivity index (χ4n) is 1.31. The lowest BCUT2D eigenvalue weighted by molar-refractivity contribution is 0.0226. The first-order valence-corrected chi connectivity index (χ1v) is 4.58. The lowest BCUT2D eigenvalue weighted by Crippen LogP contribution is -2.13. The largest absolute Gasteiger partial charge is 0.396 e. The standard InChI is InChI=1S/C11H14F2O/c1-11(12,13)8-10-4-2-9(3-5-10)6-7-14/h2-5,14H,6-8H2,1H3. The first-order chi connectivity index (χ1) is 6.51. The number of aliphatic hydroxyl groups excluding tert-OH is 1. The third-order valence-electron chi connectivity index (χ3n) is 1.94. The number of alkyl halides is 2. The van der Waals surface area contributed by atoms with Crippen LogP contribution in [0.4, 0.5) is 8.78 Å². The summed E-state index contributed by atoms with van der Waals surface area (Å²) in [4.78, 5) is 0. The van der Waals surface area contributed by atoms with E-state index >= 15 is 0 Å². The summed E-state index contributed by atoms with van der Waals surface area (Å²) in [7, 11) is 0. The van der Waals surface area contributed by atoms with Gasteiger partial charge in [0.1, 0.15) is 0 Å². The number of aliphatic hydroxyl groups is 1. The Kier molecular flexibility index (Phi) is 3.58. The van der Waals surface area contributed by atoms with E-state index in [1.807, 2.05) is 0 Å². The molecule has 78 valence electrons. The third kappa shape index (κ3) is 3.83. The molecule has 0 amide bonds. The summed E-state index contributed by atoms with van der Waals surface area (Å²) in [5.74, 6) is -2.65. The Balaban J connectivity index is 2.64. The summed E-state index contributed by atoms with van der Waals surface area (Å²) in [5.41, 5.74) is 1.59. The minimum atomic E-state index is -2.65. The van der Waals surface area contributed by atoms with Crippen molar-refractivity contribution in [2.24, 2.45) is 0 Å². The molecule has 0 aromatic heterocycles. The van der Waals surface area contributed by atoms with Crippen LogP contribution in [0.5, 0.6) is 0 Å². The molecule has 0 aliphatic rings. The summed E-state index contributed by atoms with van der Waals surface area (Å²) in [6, 6.07) is 6.92. The maximum absolute atomic E-state index is 12.6. The van der Waals surface area contributed by atoms with Crippen LogP contribution in [0.1, 0.15) is 18.1 Å². The molecule has 0 heterocycles. The highest BCUT2D eigenvalue weighted by Crippen LogP contribution is 2.19. The summed E-state index contributed by atoms with van der Waals surface area (Å²) < 4.78 is 25.2. The molecule has 1 nitrogen and oxygen atoms in total. The van der Waals surface area contributed by atoms with E-state index in [0.717, 1.165) is 12.5 Å². The van der Waals surface area contributed by atoms with E-state index in [-0.39, 0.29) is 13.0 Å². The van der Waals surface area contributed by atoms with Crippen molar-refractivity contribution in [3.05, 3.63) is 35.4 Å². The fourth-order valence-corrected chi connectivity index (χ4v) is 1.31. The van der Waals surface area contributed by atoms with Gasteiger partial charge in [-0.1, -0.05) is 24.3 Å². The van der Waals surface area contributed by atoms with Crippen LogP contribution in [0, 0.1) is 0 Å². The SMILES string of the molecule is CC(F)(F)Cc1ccc(CCO)cc1. The molecule has 0 saturated carbocycles. The van der Waals surface area contributed by atoms with Crippen molar-refractivity contribution in [1.82, 2.24) is 0 Å². The molecule has 3 heteroatoms.